The van der Waals surface area contributed by atoms with Gasteiger partial charge in [-0.3, -0.25) is 9.55 Å². The van der Waals surface area contributed by atoms with E-state index in [0.29, 0.717) is 0 Å². The van der Waals surface area contributed by atoms with E-state index in [-0.39, 0.29) is 5.75 Å². The fourth-order valence-electron chi connectivity index (χ4n) is 1.16. The molecule has 0 fully saturated rings. The molecule has 0 unspecified atom stereocenters. The molecular formula is C9H7NO4S2. The molecule has 0 saturated carbocycles. The summed E-state index contributed by atoms with van der Waals surface area (Å²) in [6, 6.07) is 4.64. The van der Waals surface area contributed by atoms with Crippen LogP contribution in [0.15, 0.2) is 39.7 Å². The molecule has 1 N–H and O–H groups in total. The lowest BCUT2D eigenvalue weighted by Gasteiger charge is -2.05. The molecule has 1 heterocycles. The highest BCUT2D eigenvalue weighted by Crippen LogP contribution is 2.29. The zero-order valence-electron chi connectivity index (χ0n) is 7.90. The van der Waals surface area contributed by atoms with E-state index < -0.39 is 10.4 Å². The summed E-state index contributed by atoms with van der Waals surface area (Å²) in [5.41, 5.74) is 0.859. The Bertz CT molecular complexity index is 563. The summed E-state index contributed by atoms with van der Waals surface area (Å²) in [6.07, 6.45) is 3.29. The lowest BCUT2D eigenvalue weighted by atomic mass is 10.2. The molecule has 0 spiro atoms. The Morgan fingerprint density at radius 1 is 1.38 bits per heavy atom. The summed E-state index contributed by atoms with van der Waals surface area (Å²) in [7, 11) is -4.47. The minimum atomic E-state index is -4.47. The lowest BCUT2D eigenvalue weighted by molar-refractivity contribution is 0.386. The van der Waals surface area contributed by atoms with Crippen molar-refractivity contribution in [2.75, 3.05) is 0 Å². The Hall–Kier alpha value is -1.31. The Morgan fingerprint density at radius 3 is 2.94 bits per heavy atom. The first kappa shape index (κ1) is 11.2. The van der Waals surface area contributed by atoms with Gasteiger partial charge in [0.15, 0.2) is 0 Å². The summed E-state index contributed by atoms with van der Waals surface area (Å²) < 4.78 is 33.9. The third-order valence-electron chi connectivity index (χ3n) is 1.74. The second kappa shape index (κ2) is 4.28. The maximum atomic E-state index is 10.5. The predicted octanol–water partition coefficient (Wildman–Crippen LogP) is 1.86. The zero-order chi connectivity index (χ0) is 11.6. The van der Waals surface area contributed by atoms with Crippen molar-refractivity contribution in [2.24, 2.45) is 4.99 Å². The molecule has 84 valence electrons. The third-order valence-corrected chi connectivity index (χ3v) is 3.01. The molecule has 16 heavy (non-hydrogen) atoms. The van der Waals surface area contributed by atoms with E-state index in [1.54, 1.807) is 23.9 Å². The largest absolute Gasteiger partial charge is 0.446 e. The molecule has 0 atom stereocenters. The van der Waals surface area contributed by atoms with Crippen LogP contribution in [0.2, 0.25) is 0 Å². The maximum absolute atomic E-state index is 10.5. The molecule has 1 aromatic rings. The standard InChI is InChI=1S/C9H7NO4S2/c11-16(12,13)14-8-2-1-7-6-10-3-4-15-9(7)5-8/h1-6H,(H,11,12,13). The highest BCUT2D eigenvalue weighted by molar-refractivity contribution is 8.02. The minimum Gasteiger partial charge on any atom is -0.362 e. The second-order valence-corrected chi connectivity index (χ2v) is 4.86. The quantitative estimate of drug-likeness (QED) is 0.818. The molecule has 1 aliphatic rings. The first-order chi connectivity index (χ1) is 7.54. The molecule has 0 saturated heterocycles. The molecule has 0 amide bonds. The van der Waals surface area contributed by atoms with Gasteiger partial charge in [-0.1, -0.05) is 11.8 Å². The van der Waals surface area contributed by atoms with Crippen molar-refractivity contribution >= 4 is 28.4 Å². The first-order valence-electron chi connectivity index (χ1n) is 4.20. The van der Waals surface area contributed by atoms with Crippen LogP contribution in [0.5, 0.6) is 5.75 Å². The molecular weight excluding hydrogens is 250 g/mol. The van der Waals surface area contributed by atoms with Gasteiger partial charge < -0.3 is 4.18 Å². The Morgan fingerprint density at radius 2 is 2.19 bits per heavy atom. The van der Waals surface area contributed by atoms with Crippen molar-refractivity contribution in [1.29, 1.82) is 0 Å². The SMILES string of the molecule is O=S(=O)(O)Oc1ccc2c(c1)SC=CN=C2. The van der Waals surface area contributed by atoms with Gasteiger partial charge in [0, 0.05) is 22.9 Å². The van der Waals surface area contributed by atoms with E-state index in [0.717, 1.165) is 10.5 Å². The van der Waals surface area contributed by atoms with E-state index in [4.69, 9.17) is 4.55 Å². The Kier molecular flexibility index (Phi) is 2.99. The average Bonchev–Trinajstić information content (AvgIpc) is 2.39. The molecule has 2 rings (SSSR count). The van der Waals surface area contributed by atoms with Gasteiger partial charge in [0.1, 0.15) is 5.75 Å². The summed E-state index contributed by atoms with van der Waals surface area (Å²) >= 11 is 1.39. The van der Waals surface area contributed by atoms with Crippen molar-refractivity contribution in [2.45, 2.75) is 4.90 Å². The number of fused-ring (bicyclic) bond motifs is 1. The average molecular weight is 257 g/mol. The fourth-order valence-corrected chi connectivity index (χ4v) is 2.22. The number of nitrogens with zero attached hydrogens (tertiary/aromatic N) is 1. The van der Waals surface area contributed by atoms with Crippen LogP contribution < -0.4 is 4.18 Å². The molecule has 7 heteroatoms. The summed E-state index contributed by atoms with van der Waals surface area (Å²) in [5, 5.41) is 1.76. The monoisotopic (exact) mass is 257 g/mol. The summed E-state index contributed by atoms with van der Waals surface area (Å²) in [4.78, 5) is 4.79. The van der Waals surface area contributed by atoms with Crippen LogP contribution in [-0.2, 0) is 10.4 Å². The molecule has 0 bridgehead atoms. The van der Waals surface area contributed by atoms with Crippen molar-refractivity contribution in [3.8, 4) is 5.75 Å². The van der Waals surface area contributed by atoms with Crippen LogP contribution in [0, 0.1) is 0 Å². The van der Waals surface area contributed by atoms with E-state index in [1.165, 1.54) is 23.9 Å². The van der Waals surface area contributed by atoms with E-state index in [1.807, 2.05) is 0 Å². The topological polar surface area (TPSA) is 76.0 Å². The van der Waals surface area contributed by atoms with Gasteiger partial charge in [-0.25, -0.2) is 0 Å². The van der Waals surface area contributed by atoms with Gasteiger partial charge in [0.2, 0.25) is 0 Å². The van der Waals surface area contributed by atoms with Crippen molar-refractivity contribution in [1.82, 2.24) is 0 Å². The normalized spacial score (nSPS) is 14.3. The number of thioether (sulfide) groups is 1. The minimum absolute atomic E-state index is 0.0671. The van der Waals surface area contributed by atoms with Crippen molar-refractivity contribution in [3.05, 3.63) is 35.4 Å². The lowest BCUT2D eigenvalue weighted by Crippen LogP contribution is -2.06. The van der Waals surface area contributed by atoms with Crippen molar-refractivity contribution in [3.63, 3.8) is 0 Å². The van der Waals surface area contributed by atoms with Gasteiger partial charge in [-0.2, -0.15) is 8.42 Å². The van der Waals surface area contributed by atoms with E-state index in [9.17, 15) is 8.42 Å². The number of hydrogen-bond acceptors (Lipinski definition) is 5. The van der Waals surface area contributed by atoms with Gasteiger partial charge in [0.25, 0.3) is 0 Å². The van der Waals surface area contributed by atoms with Gasteiger partial charge >= 0.3 is 10.4 Å². The van der Waals surface area contributed by atoms with Gasteiger partial charge in [0.05, 0.1) is 0 Å². The second-order valence-electron chi connectivity index (χ2n) is 2.89. The van der Waals surface area contributed by atoms with E-state index in [2.05, 4.69) is 9.18 Å². The number of aliphatic imine (C=N–C) groups is 1. The summed E-state index contributed by atoms with van der Waals surface area (Å²) in [5.74, 6) is 0.0671. The van der Waals surface area contributed by atoms with Crippen LogP contribution in [0.1, 0.15) is 5.56 Å². The van der Waals surface area contributed by atoms with Gasteiger partial charge in [-0.05, 0) is 23.6 Å². The van der Waals surface area contributed by atoms with Crippen LogP contribution >= 0.6 is 11.8 Å². The van der Waals surface area contributed by atoms with Crippen LogP contribution in [-0.4, -0.2) is 19.2 Å². The fraction of sp³-hybridized carbons (Fsp3) is 0. The molecule has 0 aromatic heterocycles. The summed E-state index contributed by atoms with van der Waals surface area (Å²) in [6.45, 7) is 0. The molecule has 5 nitrogen and oxygen atoms in total. The number of rotatable bonds is 2. The molecule has 1 aromatic carbocycles. The Balaban J connectivity index is 2.36. The molecule has 1 aliphatic heterocycles. The Labute approximate surface area is 96.8 Å². The number of benzene rings is 1. The van der Waals surface area contributed by atoms with Crippen LogP contribution in [0.4, 0.5) is 0 Å². The third kappa shape index (κ3) is 2.84. The first-order valence-corrected chi connectivity index (χ1v) is 6.45. The van der Waals surface area contributed by atoms with Gasteiger partial charge in [-0.15, -0.1) is 0 Å². The highest BCUT2D eigenvalue weighted by Gasteiger charge is 2.10. The zero-order valence-corrected chi connectivity index (χ0v) is 9.53. The number of hydrogen-bond donors (Lipinski definition) is 1. The maximum Gasteiger partial charge on any atom is 0.446 e. The molecule has 0 radical (unpaired) electrons. The predicted molar refractivity (Wildman–Crippen MR) is 61.2 cm³/mol. The van der Waals surface area contributed by atoms with E-state index >= 15 is 0 Å². The van der Waals surface area contributed by atoms with Crippen LogP contribution in [0.3, 0.4) is 0 Å². The highest BCUT2D eigenvalue weighted by atomic mass is 32.3. The van der Waals surface area contributed by atoms with Crippen LogP contribution in [0.25, 0.3) is 0 Å². The van der Waals surface area contributed by atoms with Crippen molar-refractivity contribution < 1.29 is 17.2 Å². The smallest absolute Gasteiger partial charge is 0.362 e. The molecule has 0 aliphatic carbocycles.